The maximum Gasteiger partial charge on any atom is 0.416 e. The lowest BCUT2D eigenvalue weighted by molar-refractivity contribution is -0.138. The second kappa shape index (κ2) is 6.58. The van der Waals surface area contributed by atoms with Crippen molar-refractivity contribution in [3.63, 3.8) is 0 Å². The normalized spacial score (nSPS) is 12.7. The third kappa shape index (κ3) is 4.25. The Morgan fingerprint density at radius 2 is 2.00 bits per heavy atom. The molecule has 1 atom stereocenters. The molecule has 0 fully saturated rings. The molecular formula is C14H15F4N. The van der Waals surface area contributed by atoms with Crippen molar-refractivity contribution in [2.24, 2.45) is 0 Å². The summed E-state index contributed by atoms with van der Waals surface area (Å²) in [5.74, 6) is 4.80. The lowest BCUT2D eigenvalue weighted by atomic mass is 9.96. The number of hydrogen-bond acceptors (Lipinski definition) is 1. The number of rotatable bonds is 4. The second-order valence-corrected chi connectivity index (χ2v) is 4.04. The van der Waals surface area contributed by atoms with E-state index in [1.807, 2.05) is 0 Å². The van der Waals surface area contributed by atoms with Gasteiger partial charge in [-0.05, 0) is 44.2 Å². The van der Waals surface area contributed by atoms with Crippen LogP contribution in [0, 0.1) is 17.7 Å². The van der Waals surface area contributed by atoms with Gasteiger partial charge in [-0.2, -0.15) is 13.2 Å². The molecule has 104 valence electrons. The van der Waals surface area contributed by atoms with E-state index >= 15 is 0 Å². The fourth-order valence-corrected chi connectivity index (χ4v) is 1.88. The highest BCUT2D eigenvalue weighted by molar-refractivity contribution is 5.33. The molecule has 0 bridgehead atoms. The predicted molar refractivity (Wildman–Crippen MR) is 65.9 cm³/mol. The van der Waals surface area contributed by atoms with Gasteiger partial charge in [-0.25, -0.2) is 4.39 Å². The lowest BCUT2D eigenvalue weighted by Gasteiger charge is -2.20. The average Bonchev–Trinajstić information content (AvgIpc) is 2.33. The van der Waals surface area contributed by atoms with Crippen LogP contribution in [0.3, 0.4) is 0 Å². The van der Waals surface area contributed by atoms with Gasteiger partial charge in [-0.15, -0.1) is 11.8 Å². The van der Waals surface area contributed by atoms with Crippen LogP contribution >= 0.6 is 0 Å². The van der Waals surface area contributed by atoms with Gasteiger partial charge in [-0.3, -0.25) is 0 Å². The first-order valence-electron chi connectivity index (χ1n) is 5.83. The number of hydrogen-bond donors (Lipinski definition) is 1. The molecule has 19 heavy (non-hydrogen) atoms. The van der Waals surface area contributed by atoms with Crippen molar-refractivity contribution < 1.29 is 17.6 Å². The van der Waals surface area contributed by atoms with Gasteiger partial charge in [0.15, 0.2) is 0 Å². The predicted octanol–water partition coefficient (Wildman–Crippen LogP) is 3.91. The Hall–Kier alpha value is -1.54. The van der Waals surface area contributed by atoms with Gasteiger partial charge < -0.3 is 5.32 Å². The van der Waals surface area contributed by atoms with E-state index in [1.54, 1.807) is 14.0 Å². The molecule has 0 aliphatic heterocycles. The Labute approximate surface area is 110 Å². The standard InChI is InChI=1S/C14H15F4N/c1-3-4-5-6-13(19-2)11-9-10(15)7-8-12(11)14(16,17)18/h7-9,13,19H,5-6H2,1-2H3. The van der Waals surface area contributed by atoms with Gasteiger partial charge in [-0.1, -0.05) is 0 Å². The van der Waals surface area contributed by atoms with Crippen molar-refractivity contribution in [3.8, 4) is 11.8 Å². The van der Waals surface area contributed by atoms with Crippen molar-refractivity contribution in [3.05, 3.63) is 35.1 Å². The van der Waals surface area contributed by atoms with Gasteiger partial charge in [0, 0.05) is 12.5 Å². The third-order valence-electron chi connectivity index (χ3n) is 2.78. The Kier molecular flexibility index (Phi) is 5.37. The maximum absolute atomic E-state index is 13.2. The lowest BCUT2D eigenvalue weighted by Crippen LogP contribution is -2.21. The highest BCUT2D eigenvalue weighted by atomic mass is 19.4. The van der Waals surface area contributed by atoms with E-state index in [4.69, 9.17) is 0 Å². The zero-order valence-electron chi connectivity index (χ0n) is 10.7. The molecule has 1 rings (SSSR count). The Balaban J connectivity index is 3.12. The van der Waals surface area contributed by atoms with Crippen LogP contribution in [0.2, 0.25) is 0 Å². The Bertz CT molecular complexity index is 482. The molecule has 0 heterocycles. The molecule has 0 aliphatic carbocycles. The van der Waals surface area contributed by atoms with Crippen LogP contribution in [-0.4, -0.2) is 7.05 Å². The van der Waals surface area contributed by atoms with Crippen LogP contribution in [0.15, 0.2) is 18.2 Å². The molecule has 0 radical (unpaired) electrons. The van der Waals surface area contributed by atoms with Gasteiger partial charge in [0.2, 0.25) is 0 Å². The summed E-state index contributed by atoms with van der Waals surface area (Å²) in [6.07, 6.45) is -3.64. The number of benzene rings is 1. The Morgan fingerprint density at radius 1 is 1.32 bits per heavy atom. The summed E-state index contributed by atoms with van der Waals surface area (Å²) in [5, 5.41) is 2.78. The summed E-state index contributed by atoms with van der Waals surface area (Å²) >= 11 is 0. The van der Waals surface area contributed by atoms with E-state index in [-0.39, 0.29) is 5.56 Å². The fraction of sp³-hybridized carbons (Fsp3) is 0.429. The number of nitrogens with one attached hydrogen (secondary N) is 1. The summed E-state index contributed by atoms with van der Waals surface area (Å²) < 4.78 is 51.9. The first-order valence-corrected chi connectivity index (χ1v) is 5.83. The van der Waals surface area contributed by atoms with Crippen LogP contribution in [0.5, 0.6) is 0 Å². The summed E-state index contributed by atoms with van der Waals surface area (Å²) in [5.41, 5.74) is -0.884. The molecule has 5 heteroatoms. The fourth-order valence-electron chi connectivity index (χ4n) is 1.88. The molecule has 1 unspecified atom stereocenters. The average molecular weight is 273 g/mol. The van der Waals surface area contributed by atoms with Gasteiger partial charge in [0.05, 0.1) is 5.56 Å². The maximum atomic E-state index is 13.2. The zero-order chi connectivity index (χ0) is 14.5. The van der Waals surface area contributed by atoms with Crippen LogP contribution in [-0.2, 0) is 6.18 Å². The van der Waals surface area contributed by atoms with Crippen molar-refractivity contribution in [1.82, 2.24) is 5.32 Å². The largest absolute Gasteiger partial charge is 0.416 e. The van der Waals surface area contributed by atoms with Crippen LogP contribution < -0.4 is 5.32 Å². The molecule has 1 nitrogen and oxygen atoms in total. The topological polar surface area (TPSA) is 12.0 Å². The summed E-state index contributed by atoms with van der Waals surface area (Å²) in [7, 11) is 1.55. The first-order chi connectivity index (χ1) is 8.90. The number of halogens is 4. The van der Waals surface area contributed by atoms with E-state index in [0.29, 0.717) is 12.8 Å². The van der Waals surface area contributed by atoms with Crippen LogP contribution in [0.25, 0.3) is 0 Å². The van der Waals surface area contributed by atoms with Gasteiger partial charge in [0.1, 0.15) is 5.82 Å². The minimum absolute atomic E-state index is 0.0760. The number of alkyl halides is 3. The zero-order valence-corrected chi connectivity index (χ0v) is 10.7. The SMILES string of the molecule is CC#CCCC(NC)c1cc(F)ccc1C(F)(F)F. The van der Waals surface area contributed by atoms with E-state index in [2.05, 4.69) is 17.2 Å². The van der Waals surface area contributed by atoms with E-state index < -0.39 is 23.6 Å². The van der Waals surface area contributed by atoms with Crippen LogP contribution in [0.4, 0.5) is 17.6 Å². The minimum atomic E-state index is -4.49. The molecule has 0 amide bonds. The molecule has 0 spiro atoms. The van der Waals surface area contributed by atoms with Gasteiger partial charge in [0.25, 0.3) is 0 Å². The van der Waals surface area contributed by atoms with E-state index in [9.17, 15) is 17.6 Å². The monoisotopic (exact) mass is 273 g/mol. The summed E-state index contributed by atoms with van der Waals surface area (Å²) in [4.78, 5) is 0. The van der Waals surface area contributed by atoms with E-state index in [1.165, 1.54) is 0 Å². The molecule has 0 saturated carbocycles. The summed E-state index contributed by atoms with van der Waals surface area (Å²) in [6.45, 7) is 1.66. The van der Waals surface area contributed by atoms with Crippen molar-refractivity contribution in [2.45, 2.75) is 32.0 Å². The highest BCUT2D eigenvalue weighted by Gasteiger charge is 2.35. The molecule has 1 N–H and O–H groups in total. The Morgan fingerprint density at radius 3 is 2.53 bits per heavy atom. The molecule has 0 aromatic heterocycles. The second-order valence-electron chi connectivity index (χ2n) is 4.04. The van der Waals surface area contributed by atoms with Crippen molar-refractivity contribution in [2.75, 3.05) is 7.05 Å². The minimum Gasteiger partial charge on any atom is -0.313 e. The van der Waals surface area contributed by atoms with Gasteiger partial charge >= 0.3 is 6.18 Å². The van der Waals surface area contributed by atoms with Crippen molar-refractivity contribution in [1.29, 1.82) is 0 Å². The van der Waals surface area contributed by atoms with Crippen LogP contribution in [0.1, 0.15) is 36.9 Å². The quantitative estimate of drug-likeness (QED) is 0.648. The molecular weight excluding hydrogens is 258 g/mol. The molecule has 0 aliphatic rings. The first kappa shape index (κ1) is 15.5. The summed E-state index contributed by atoms with van der Waals surface area (Å²) in [6, 6.07) is 1.96. The molecule has 1 aromatic carbocycles. The third-order valence-corrected chi connectivity index (χ3v) is 2.78. The van der Waals surface area contributed by atoms with Crippen molar-refractivity contribution >= 4 is 0 Å². The van der Waals surface area contributed by atoms with E-state index in [0.717, 1.165) is 18.2 Å². The molecule has 0 saturated heterocycles. The smallest absolute Gasteiger partial charge is 0.313 e. The highest BCUT2D eigenvalue weighted by Crippen LogP contribution is 2.36. The molecule has 1 aromatic rings.